The van der Waals surface area contributed by atoms with Crippen LogP contribution in [0.2, 0.25) is 0 Å². The van der Waals surface area contributed by atoms with Gasteiger partial charge in [0.25, 0.3) is 0 Å². The zero-order valence-corrected chi connectivity index (χ0v) is 16.0. The molecule has 0 unspecified atom stereocenters. The molecule has 0 radical (unpaired) electrons. The highest BCUT2D eigenvalue weighted by molar-refractivity contribution is 7.85. The molecule has 13 heteroatoms. The summed E-state index contributed by atoms with van der Waals surface area (Å²) < 4.78 is 45.8. The number of hydrogen-bond donors (Lipinski definition) is 2. The van der Waals surface area contributed by atoms with E-state index in [2.05, 4.69) is 20.4 Å². The van der Waals surface area contributed by atoms with E-state index in [0.717, 1.165) is 0 Å². The van der Waals surface area contributed by atoms with E-state index in [4.69, 9.17) is 18.2 Å². The molecule has 2 heterocycles. The standard InChI is InChI=1S/C16H15N5O7S/c1-25-13-9-14(26-2)18-15(17-13)19-16(22)21-29(23,24)28-12-6-4-3-5-10(12)11-7-8-27-20-11/h3-9H,1-2H3,(H2,17,18,19,21,22). The van der Waals surface area contributed by atoms with Crippen LogP contribution in [0, 0.1) is 0 Å². The summed E-state index contributed by atoms with van der Waals surface area (Å²) in [7, 11) is -1.82. The molecule has 2 amide bonds. The van der Waals surface area contributed by atoms with Gasteiger partial charge in [0.15, 0.2) is 5.75 Å². The van der Waals surface area contributed by atoms with Crippen LogP contribution < -0.4 is 23.7 Å². The molecule has 1 aromatic carbocycles. The minimum atomic E-state index is -4.54. The van der Waals surface area contributed by atoms with E-state index in [0.29, 0.717) is 11.3 Å². The third kappa shape index (κ3) is 5.10. The van der Waals surface area contributed by atoms with Crippen LogP contribution in [0.5, 0.6) is 17.5 Å². The maximum atomic E-state index is 12.2. The molecule has 0 aliphatic carbocycles. The van der Waals surface area contributed by atoms with Crippen molar-refractivity contribution in [3.05, 3.63) is 42.7 Å². The second kappa shape index (κ2) is 8.43. The molecule has 0 aliphatic rings. The summed E-state index contributed by atoms with van der Waals surface area (Å²) in [4.78, 5) is 19.8. The van der Waals surface area contributed by atoms with Gasteiger partial charge < -0.3 is 18.2 Å². The Morgan fingerprint density at radius 3 is 2.38 bits per heavy atom. The van der Waals surface area contributed by atoms with Crippen LogP contribution in [-0.2, 0) is 10.3 Å². The number of rotatable bonds is 7. The van der Waals surface area contributed by atoms with Crippen molar-refractivity contribution in [3.63, 3.8) is 0 Å². The van der Waals surface area contributed by atoms with Gasteiger partial charge in [-0.05, 0) is 12.1 Å². The molecule has 2 N–H and O–H groups in total. The molecular formula is C16H15N5O7S. The lowest BCUT2D eigenvalue weighted by Crippen LogP contribution is -2.37. The Kier molecular flexibility index (Phi) is 5.78. The topological polar surface area (TPSA) is 155 Å². The van der Waals surface area contributed by atoms with Crippen molar-refractivity contribution in [1.82, 2.24) is 19.8 Å². The van der Waals surface area contributed by atoms with E-state index >= 15 is 0 Å². The molecule has 0 fully saturated rings. The molecule has 152 valence electrons. The van der Waals surface area contributed by atoms with Crippen molar-refractivity contribution in [1.29, 1.82) is 0 Å². The van der Waals surface area contributed by atoms with Gasteiger partial charge in [0.2, 0.25) is 17.7 Å². The van der Waals surface area contributed by atoms with E-state index in [-0.39, 0.29) is 23.5 Å². The summed E-state index contributed by atoms with van der Waals surface area (Å²) in [5, 5.41) is 5.89. The van der Waals surface area contributed by atoms with E-state index in [1.165, 1.54) is 38.7 Å². The van der Waals surface area contributed by atoms with Crippen molar-refractivity contribution in [3.8, 4) is 28.8 Å². The number of nitrogens with zero attached hydrogens (tertiary/aromatic N) is 3. The van der Waals surface area contributed by atoms with E-state index in [1.807, 2.05) is 0 Å². The van der Waals surface area contributed by atoms with Crippen LogP contribution in [-0.4, -0.2) is 43.8 Å². The smallest absolute Gasteiger partial charge is 0.411 e. The van der Waals surface area contributed by atoms with Gasteiger partial charge >= 0.3 is 16.3 Å². The van der Waals surface area contributed by atoms with Crippen LogP contribution in [0.4, 0.5) is 10.7 Å². The summed E-state index contributed by atoms with van der Waals surface area (Å²) in [5.74, 6) is -0.0847. The quantitative estimate of drug-likeness (QED) is 0.574. The third-order valence-electron chi connectivity index (χ3n) is 3.34. The zero-order chi connectivity index (χ0) is 20.9. The summed E-state index contributed by atoms with van der Waals surface area (Å²) in [6.45, 7) is 0. The largest absolute Gasteiger partial charge is 0.481 e. The van der Waals surface area contributed by atoms with Crippen LogP contribution in [0.1, 0.15) is 0 Å². The summed E-state index contributed by atoms with van der Waals surface area (Å²) in [6.07, 6.45) is 1.33. The summed E-state index contributed by atoms with van der Waals surface area (Å²) in [6, 6.07) is 7.96. The minimum absolute atomic E-state index is 0.0546. The molecule has 12 nitrogen and oxygen atoms in total. The Balaban J connectivity index is 1.73. The van der Waals surface area contributed by atoms with Gasteiger partial charge in [-0.15, -0.1) is 0 Å². The Morgan fingerprint density at radius 2 is 1.76 bits per heavy atom. The Bertz CT molecular complexity index is 1080. The molecule has 0 saturated heterocycles. The highest BCUT2D eigenvalue weighted by Crippen LogP contribution is 2.29. The van der Waals surface area contributed by atoms with E-state index in [9.17, 15) is 13.2 Å². The van der Waals surface area contributed by atoms with Crippen molar-refractivity contribution in [2.24, 2.45) is 0 Å². The molecule has 0 spiro atoms. The average Bonchev–Trinajstić information content (AvgIpc) is 3.21. The lowest BCUT2D eigenvalue weighted by molar-refractivity contribution is 0.255. The molecule has 0 saturated carbocycles. The van der Waals surface area contributed by atoms with Crippen LogP contribution >= 0.6 is 0 Å². The van der Waals surface area contributed by atoms with Crippen molar-refractivity contribution < 1.29 is 31.4 Å². The highest BCUT2D eigenvalue weighted by atomic mass is 32.2. The lowest BCUT2D eigenvalue weighted by Gasteiger charge is -2.11. The van der Waals surface area contributed by atoms with E-state index in [1.54, 1.807) is 22.9 Å². The van der Waals surface area contributed by atoms with Gasteiger partial charge in [-0.1, -0.05) is 17.3 Å². The number of aromatic nitrogens is 3. The molecule has 3 aromatic rings. The predicted octanol–water partition coefficient (Wildman–Crippen LogP) is 1.59. The fraction of sp³-hybridized carbons (Fsp3) is 0.125. The highest BCUT2D eigenvalue weighted by Gasteiger charge is 2.21. The van der Waals surface area contributed by atoms with Gasteiger partial charge in [0.05, 0.1) is 20.3 Å². The number of anilines is 1. The molecule has 29 heavy (non-hydrogen) atoms. The molecule has 3 rings (SSSR count). The Morgan fingerprint density at radius 1 is 1.07 bits per heavy atom. The molecule has 0 atom stereocenters. The van der Waals surface area contributed by atoms with Gasteiger partial charge in [0.1, 0.15) is 12.0 Å². The van der Waals surface area contributed by atoms with Crippen molar-refractivity contribution in [2.45, 2.75) is 0 Å². The van der Waals surface area contributed by atoms with Crippen molar-refractivity contribution in [2.75, 3.05) is 19.5 Å². The monoisotopic (exact) mass is 421 g/mol. The summed E-state index contributed by atoms with van der Waals surface area (Å²) in [5.41, 5.74) is 0.713. The maximum absolute atomic E-state index is 12.2. The number of hydrogen-bond acceptors (Lipinski definition) is 10. The second-order valence-electron chi connectivity index (χ2n) is 5.25. The summed E-state index contributed by atoms with van der Waals surface area (Å²) >= 11 is 0. The number of nitrogens with one attached hydrogen (secondary N) is 2. The maximum Gasteiger partial charge on any atom is 0.411 e. The molecule has 0 aliphatic heterocycles. The fourth-order valence-corrected chi connectivity index (χ4v) is 2.85. The molecule has 2 aromatic heterocycles. The van der Waals surface area contributed by atoms with Crippen LogP contribution in [0.15, 0.2) is 47.2 Å². The second-order valence-corrected chi connectivity index (χ2v) is 6.53. The SMILES string of the molecule is COc1cc(OC)nc(NC(=O)NS(=O)(=O)Oc2ccccc2-c2ccon2)n1. The number of urea groups is 1. The average molecular weight is 421 g/mol. The number of ether oxygens (including phenoxy) is 2. The Labute approximate surface area is 165 Å². The normalized spacial score (nSPS) is 10.8. The van der Waals surface area contributed by atoms with Gasteiger partial charge in [0, 0.05) is 11.6 Å². The fourth-order valence-electron chi connectivity index (χ4n) is 2.15. The Hall–Kier alpha value is -3.87. The van der Waals surface area contributed by atoms with Gasteiger partial charge in [-0.25, -0.2) is 9.52 Å². The first kappa shape index (κ1) is 19.9. The minimum Gasteiger partial charge on any atom is -0.481 e. The first-order valence-corrected chi connectivity index (χ1v) is 9.31. The predicted molar refractivity (Wildman–Crippen MR) is 98.8 cm³/mol. The van der Waals surface area contributed by atoms with Crippen molar-refractivity contribution >= 4 is 22.3 Å². The number of para-hydroxylation sites is 1. The van der Waals surface area contributed by atoms with Crippen LogP contribution in [0.25, 0.3) is 11.3 Å². The van der Waals surface area contributed by atoms with Gasteiger partial charge in [-0.2, -0.15) is 18.4 Å². The van der Waals surface area contributed by atoms with E-state index < -0.39 is 16.3 Å². The van der Waals surface area contributed by atoms with Gasteiger partial charge in [-0.3, -0.25) is 5.32 Å². The van der Waals surface area contributed by atoms with Crippen LogP contribution in [0.3, 0.4) is 0 Å². The molecule has 0 bridgehead atoms. The lowest BCUT2D eigenvalue weighted by atomic mass is 10.1. The third-order valence-corrected chi connectivity index (χ3v) is 4.18. The number of benzene rings is 1. The first-order chi connectivity index (χ1) is 13.9. The zero-order valence-electron chi connectivity index (χ0n) is 15.1. The molecular weight excluding hydrogens is 406 g/mol. The first-order valence-electron chi connectivity index (χ1n) is 7.90. The number of carbonyl (C=O) groups excluding carboxylic acids is 1. The number of methoxy groups -OCH3 is 2. The number of amides is 2. The number of carbonyl (C=O) groups is 1.